The Balaban J connectivity index is 1.83. The highest BCUT2D eigenvalue weighted by Gasteiger charge is 2.21. The SMILES string of the molecule is Cc1cc(C(=O)N2CCCC2)ccc1NC(=O)c1c(C)ccn(C(C)CN(C)C)c1=O. The van der Waals surface area contributed by atoms with Crippen LogP contribution in [-0.4, -0.2) is 59.9 Å². The van der Waals surface area contributed by atoms with Gasteiger partial charge in [0.2, 0.25) is 0 Å². The molecule has 1 aliphatic heterocycles. The first-order chi connectivity index (χ1) is 14.7. The Labute approximate surface area is 183 Å². The van der Waals surface area contributed by atoms with Crippen LogP contribution in [0, 0.1) is 13.8 Å². The maximum atomic E-state index is 13.1. The van der Waals surface area contributed by atoms with E-state index >= 15 is 0 Å². The van der Waals surface area contributed by atoms with Crippen molar-refractivity contribution in [2.75, 3.05) is 39.0 Å². The van der Waals surface area contributed by atoms with Gasteiger partial charge in [-0.3, -0.25) is 14.4 Å². The fourth-order valence-electron chi connectivity index (χ4n) is 4.11. The molecule has 2 amide bonds. The van der Waals surface area contributed by atoms with Crippen LogP contribution in [-0.2, 0) is 0 Å². The van der Waals surface area contributed by atoms with Gasteiger partial charge in [-0.2, -0.15) is 0 Å². The van der Waals surface area contributed by atoms with Gasteiger partial charge in [-0.25, -0.2) is 0 Å². The molecular weight excluding hydrogens is 392 g/mol. The summed E-state index contributed by atoms with van der Waals surface area (Å²) in [5, 5.41) is 2.86. The Morgan fingerprint density at radius 1 is 1.10 bits per heavy atom. The standard InChI is InChI=1S/C24H32N4O3/c1-16-10-13-28(18(3)15-26(4)5)24(31)21(16)22(29)25-20-9-8-19(14-17(20)2)23(30)27-11-6-7-12-27/h8-10,13-14,18H,6-7,11-12,15H2,1-5H3,(H,25,29). The van der Waals surface area contributed by atoms with Crippen LogP contribution in [0.15, 0.2) is 35.3 Å². The van der Waals surface area contributed by atoms with E-state index in [1.807, 2.05) is 37.7 Å². The number of amides is 2. The third-order valence-corrected chi connectivity index (χ3v) is 5.77. The van der Waals surface area contributed by atoms with Gasteiger partial charge in [0.25, 0.3) is 17.4 Å². The fraction of sp³-hybridized carbons (Fsp3) is 0.458. The van der Waals surface area contributed by atoms with Crippen molar-refractivity contribution < 1.29 is 9.59 Å². The number of likely N-dealkylation sites (tertiary alicyclic amines) is 1. The van der Waals surface area contributed by atoms with Gasteiger partial charge in [0.15, 0.2) is 0 Å². The highest BCUT2D eigenvalue weighted by atomic mass is 16.2. The topological polar surface area (TPSA) is 74.7 Å². The average molecular weight is 425 g/mol. The van der Waals surface area contributed by atoms with Crippen LogP contribution in [0.5, 0.6) is 0 Å². The lowest BCUT2D eigenvalue weighted by molar-refractivity contribution is 0.0792. The van der Waals surface area contributed by atoms with Crippen LogP contribution >= 0.6 is 0 Å². The lowest BCUT2D eigenvalue weighted by atomic mass is 10.1. The molecule has 1 aromatic carbocycles. The molecule has 1 saturated heterocycles. The molecule has 0 spiro atoms. The molecule has 1 aliphatic rings. The zero-order valence-corrected chi connectivity index (χ0v) is 19.1. The smallest absolute Gasteiger partial charge is 0.263 e. The normalized spacial score (nSPS) is 14.7. The van der Waals surface area contributed by atoms with Crippen molar-refractivity contribution in [2.24, 2.45) is 0 Å². The van der Waals surface area contributed by atoms with E-state index < -0.39 is 5.91 Å². The van der Waals surface area contributed by atoms with Crippen LogP contribution in [0.25, 0.3) is 0 Å². The van der Waals surface area contributed by atoms with Gasteiger partial charge < -0.3 is 19.7 Å². The van der Waals surface area contributed by atoms with Crippen LogP contribution in [0.4, 0.5) is 5.69 Å². The predicted octanol–water partition coefficient (Wildman–Crippen LogP) is 3.08. The Kier molecular flexibility index (Phi) is 6.95. The van der Waals surface area contributed by atoms with Crippen LogP contribution in [0.3, 0.4) is 0 Å². The monoisotopic (exact) mass is 424 g/mol. The third-order valence-electron chi connectivity index (χ3n) is 5.77. The summed E-state index contributed by atoms with van der Waals surface area (Å²) in [6.45, 7) is 7.85. The highest BCUT2D eigenvalue weighted by Crippen LogP contribution is 2.20. The largest absolute Gasteiger partial charge is 0.339 e. The Morgan fingerprint density at radius 3 is 2.39 bits per heavy atom. The molecule has 0 radical (unpaired) electrons. The van der Waals surface area contributed by atoms with Gasteiger partial charge >= 0.3 is 0 Å². The molecule has 3 rings (SSSR count). The van der Waals surface area contributed by atoms with E-state index in [-0.39, 0.29) is 23.1 Å². The number of nitrogens with one attached hydrogen (secondary N) is 1. The maximum absolute atomic E-state index is 13.1. The first-order valence-corrected chi connectivity index (χ1v) is 10.8. The van der Waals surface area contributed by atoms with Crippen LogP contribution in [0.2, 0.25) is 0 Å². The van der Waals surface area contributed by atoms with E-state index in [2.05, 4.69) is 5.32 Å². The number of pyridine rings is 1. The Bertz CT molecular complexity index is 1040. The number of hydrogen-bond acceptors (Lipinski definition) is 4. The minimum atomic E-state index is -0.435. The average Bonchev–Trinajstić information content (AvgIpc) is 3.23. The summed E-state index contributed by atoms with van der Waals surface area (Å²) >= 11 is 0. The summed E-state index contributed by atoms with van der Waals surface area (Å²) in [5.41, 5.74) is 2.48. The molecule has 1 atom stereocenters. The van der Waals surface area contributed by atoms with E-state index in [1.54, 1.807) is 42.0 Å². The Hall–Kier alpha value is -2.93. The highest BCUT2D eigenvalue weighted by molar-refractivity contribution is 6.05. The molecular formula is C24H32N4O3. The summed E-state index contributed by atoms with van der Waals surface area (Å²) in [5.74, 6) is -0.411. The number of carbonyl (C=O) groups is 2. The first-order valence-electron chi connectivity index (χ1n) is 10.8. The van der Waals surface area contributed by atoms with Gasteiger partial charge in [-0.15, -0.1) is 0 Å². The second-order valence-electron chi connectivity index (χ2n) is 8.68. The fourth-order valence-corrected chi connectivity index (χ4v) is 4.11. The summed E-state index contributed by atoms with van der Waals surface area (Å²) < 4.78 is 1.60. The summed E-state index contributed by atoms with van der Waals surface area (Å²) in [7, 11) is 3.90. The van der Waals surface area contributed by atoms with Gasteiger partial charge in [0, 0.05) is 43.1 Å². The number of rotatable bonds is 6. The quantitative estimate of drug-likeness (QED) is 0.773. The van der Waals surface area contributed by atoms with Crippen molar-refractivity contribution in [1.82, 2.24) is 14.4 Å². The van der Waals surface area contributed by atoms with Gasteiger partial charge in [0.05, 0.1) is 0 Å². The van der Waals surface area contributed by atoms with E-state index in [4.69, 9.17) is 0 Å². The van der Waals surface area contributed by atoms with E-state index in [0.717, 1.165) is 31.5 Å². The molecule has 0 aliphatic carbocycles. The van der Waals surface area contributed by atoms with Crippen molar-refractivity contribution >= 4 is 17.5 Å². The van der Waals surface area contributed by atoms with Crippen LogP contribution in [0.1, 0.15) is 57.7 Å². The molecule has 2 heterocycles. The number of aryl methyl sites for hydroxylation is 2. The number of anilines is 1. The minimum absolute atomic E-state index is 0.0233. The molecule has 1 fully saturated rings. The maximum Gasteiger partial charge on any atom is 0.263 e. The van der Waals surface area contributed by atoms with Gasteiger partial charge in [0.1, 0.15) is 5.56 Å². The molecule has 7 heteroatoms. The van der Waals surface area contributed by atoms with Crippen LogP contribution < -0.4 is 10.9 Å². The third kappa shape index (κ3) is 5.05. The summed E-state index contributed by atoms with van der Waals surface area (Å²) in [4.78, 5) is 42.6. The molecule has 0 saturated carbocycles. The number of hydrogen-bond donors (Lipinski definition) is 1. The molecule has 0 bridgehead atoms. The molecule has 166 valence electrons. The molecule has 31 heavy (non-hydrogen) atoms. The lowest BCUT2D eigenvalue weighted by Gasteiger charge is -2.21. The number of nitrogens with zero attached hydrogens (tertiary/aromatic N) is 3. The second-order valence-corrected chi connectivity index (χ2v) is 8.68. The van der Waals surface area contributed by atoms with Crippen molar-refractivity contribution in [2.45, 2.75) is 39.7 Å². The molecule has 1 N–H and O–H groups in total. The lowest BCUT2D eigenvalue weighted by Crippen LogP contribution is -2.34. The molecule has 2 aromatic rings. The molecule has 1 aromatic heterocycles. The number of likely N-dealkylation sites (N-methyl/N-ethyl adjacent to an activating group) is 1. The van der Waals surface area contributed by atoms with Crippen molar-refractivity contribution in [3.63, 3.8) is 0 Å². The van der Waals surface area contributed by atoms with Gasteiger partial charge in [-0.05, 0) is 83.1 Å². The van der Waals surface area contributed by atoms with E-state index in [9.17, 15) is 14.4 Å². The van der Waals surface area contributed by atoms with Crippen molar-refractivity contribution in [3.8, 4) is 0 Å². The zero-order valence-electron chi connectivity index (χ0n) is 19.1. The summed E-state index contributed by atoms with van der Waals surface area (Å²) in [6, 6.07) is 7.01. The molecule has 1 unspecified atom stereocenters. The van der Waals surface area contributed by atoms with Crippen molar-refractivity contribution in [3.05, 3.63) is 63.1 Å². The minimum Gasteiger partial charge on any atom is -0.339 e. The zero-order chi connectivity index (χ0) is 22.7. The summed E-state index contributed by atoms with van der Waals surface area (Å²) in [6.07, 6.45) is 3.83. The van der Waals surface area contributed by atoms with Crippen molar-refractivity contribution in [1.29, 1.82) is 0 Å². The number of benzene rings is 1. The molecule has 7 nitrogen and oxygen atoms in total. The number of aromatic nitrogens is 1. The second kappa shape index (κ2) is 9.47. The van der Waals surface area contributed by atoms with Gasteiger partial charge in [-0.1, -0.05) is 0 Å². The van der Waals surface area contributed by atoms with E-state index in [0.29, 0.717) is 23.4 Å². The van der Waals surface area contributed by atoms with E-state index in [1.165, 1.54) is 0 Å². The predicted molar refractivity (Wildman–Crippen MR) is 123 cm³/mol. The Morgan fingerprint density at radius 2 is 1.77 bits per heavy atom. The first kappa shape index (κ1) is 22.7. The number of carbonyl (C=O) groups excluding carboxylic acids is 2.